The number of carbonyl (C=O) groups excluding carboxylic acids is 1. The summed E-state index contributed by atoms with van der Waals surface area (Å²) in [6.07, 6.45) is 6.80. The van der Waals surface area contributed by atoms with Crippen LogP contribution in [0.3, 0.4) is 0 Å². The molecule has 2 aliphatic rings. The molecule has 1 unspecified atom stereocenters. The molecule has 0 spiro atoms. The van der Waals surface area contributed by atoms with E-state index in [0.717, 1.165) is 57.7 Å². The lowest BCUT2D eigenvalue weighted by Gasteiger charge is -2.29. The molecule has 1 atom stereocenters. The van der Waals surface area contributed by atoms with Crippen molar-refractivity contribution in [2.75, 3.05) is 43.0 Å². The number of carbonyl (C=O) groups is 1. The summed E-state index contributed by atoms with van der Waals surface area (Å²) >= 11 is 0. The molecule has 0 radical (unpaired) electrons. The molecule has 6 nitrogen and oxygen atoms in total. The van der Waals surface area contributed by atoms with Gasteiger partial charge >= 0.3 is 0 Å². The lowest BCUT2D eigenvalue weighted by molar-refractivity contribution is -0.117. The Balaban J connectivity index is 0.00000208. The Morgan fingerprint density at radius 3 is 2.83 bits per heavy atom. The van der Waals surface area contributed by atoms with Gasteiger partial charge in [-0.05, 0) is 37.8 Å². The molecular formula is C17H27ClN4O2. The van der Waals surface area contributed by atoms with E-state index in [0.29, 0.717) is 12.2 Å². The molecule has 1 aromatic rings. The maximum Gasteiger partial charge on any atom is 0.225 e. The highest BCUT2D eigenvalue weighted by Crippen LogP contribution is 2.18. The first-order valence-corrected chi connectivity index (χ1v) is 8.64. The maximum absolute atomic E-state index is 12.0. The third-order valence-corrected chi connectivity index (χ3v) is 4.46. The topological polar surface area (TPSA) is 66.5 Å². The maximum atomic E-state index is 12.0. The molecule has 2 fully saturated rings. The number of nitrogens with zero attached hydrogens (tertiary/aromatic N) is 2. The molecule has 0 bridgehead atoms. The van der Waals surface area contributed by atoms with Crippen molar-refractivity contribution in [1.29, 1.82) is 0 Å². The number of aromatic nitrogens is 1. The number of amides is 1. The van der Waals surface area contributed by atoms with Gasteiger partial charge in [-0.15, -0.1) is 12.4 Å². The zero-order chi connectivity index (χ0) is 15.9. The highest BCUT2D eigenvalue weighted by molar-refractivity contribution is 5.89. The molecule has 2 saturated heterocycles. The minimum atomic E-state index is 0. The molecule has 2 aliphatic heterocycles. The molecule has 0 aliphatic carbocycles. The first kappa shape index (κ1) is 19.0. The van der Waals surface area contributed by atoms with Crippen LogP contribution in [0.2, 0.25) is 0 Å². The zero-order valence-corrected chi connectivity index (χ0v) is 14.8. The van der Waals surface area contributed by atoms with Gasteiger partial charge in [0.1, 0.15) is 5.82 Å². The predicted octanol–water partition coefficient (Wildman–Crippen LogP) is 2.20. The number of hydrogen-bond acceptors (Lipinski definition) is 5. The third kappa shape index (κ3) is 5.61. The normalized spacial score (nSPS) is 21.0. The zero-order valence-electron chi connectivity index (χ0n) is 14.0. The van der Waals surface area contributed by atoms with Crippen LogP contribution >= 0.6 is 12.4 Å². The highest BCUT2D eigenvalue weighted by Gasteiger charge is 2.16. The summed E-state index contributed by atoms with van der Waals surface area (Å²) < 4.78 is 5.66. The van der Waals surface area contributed by atoms with E-state index in [-0.39, 0.29) is 24.4 Å². The summed E-state index contributed by atoms with van der Waals surface area (Å²) in [6.45, 7) is 4.83. The van der Waals surface area contributed by atoms with E-state index in [9.17, 15) is 4.79 Å². The number of anilines is 2. The Morgan fingerprint density at radius 2 is 2.17 bits per heavy atom. The van der Waals surface area contributed by atoms with Crippen molar-refractivity contribution >= 4 is 29.8 Å². The number of hydrogen-bond donors (Lipinski definition) is 2. The van der Waals surface area contributed by atoms with Gasteiger partial charge in [-0.3, -0.25) is 4.79 Å². The van der Waals surface area contributed by atoms with E-state index < -0.39 is 0 Å². The molecule has 134 valence electrons. The minimum Gasteiger partial charge on any atom is -0.378 e. The average Bonchev–Trinajstić information content (AvgIpc) is 2.62. The number of halogens is 1. The summed E-state index contributed by atoms with van der Waals surface area (Å²) in [5, 5.41) is 6.21. The van der Waals surface area contributed by atoms with Gasteiger partial charge in [0.25, 0.3) is 0 Å². The van der Waals surface area contributed by atoms with Crippen molar-refractivity contribution in [3.63, 3.8) is 0 Å². The van der Waals surface area contributed by atoms with Crippen molar-refractivity contribution in [2.24, 2.45) is 0 Å². The Labute approximate surface area is 149 Å². The lowest BCUT2D eigenvalue weighted by atomic mass is 10.0. The van der Waals surface area contributed by atoms with Crippen LogP contribution in [0, 0.1) is 0 Å². The van der Waals surface area contributed by atoms with E-state index in [4.69, 9.17) is 4.74 Å². The number of rotatable bonds is 5. The Hall–Kier alpha value is -1.37. The van der Waals surface area contributed by atoms with Crippen LogP contribution in [0.15, 0.2) is 18.3 Å². The van der Waals surface area contributed by atoms with Crippen molar-refractivity contribution < 1.29 is 9.53 Å². The number of ether oxygens (including phenoxy) is 1. The van der Waals surface area contributed by atoms with Crippen LogP contribution < -0.4 is 15.5 Å². The smallest absolute Gasteiger partial charge is 0.225 e. The predicted molar refractivity (Wildman–Crippen MR) is 98.0 cm³/mol. The molecule has 1 aromatic heterocycles. The van der Waals surface area contributed by atoms with Gasteiger partial charge in [-0.2, -0.15) is 0 Å². The van der Waals surface area contributed by atoms with Gasteiger partial charge in [-0.1, -0.05) is 0 Å². The minimum absolute atomic E-state index is 0. The molecule has 0 aromatic carbocycles. The van der Waals surface area contributed by atoms with E-state index >= 15 is 0 Å². The molecule has 0 saturated carbocycles. The van der Waals surface area contributed by atoms with E-state index in [2.05, 4.69) is 20.5 Å². The standard InChI is InChI=1S/C17H26N4O2.ClH/c22-17(7-5-15-3-1-2-12-23-15)20-16-6-4-14(13-19-16)21-10-8-18-9-11-21;/h4,6,13,15,18H,1-3,5,7-12H2,(H,19,20,22);1H. The summed E-state index contributed by atoms with van der Waals surface area (Å²) in [6, 6.07) is 3.91. The summed E-state index contributed by atoms with van der Waals surface area (Å²) in [5.74, 6) is 0.639. The monoisotopic (exact) mass is 354 g/mol. The van der Waals surface area contributed by atoms with Gasteiger partial charge in [0.15, 0.2) is 0 Å². The third-order valence-electron chi connectivity index (χ3n) is 4.46. The SMILES string of the molecule is Cl.O=C(CCC1CCCCO1)Nc1ccc(N2CCNCC2)cn1. The number of pyridine rings is 1. The molecule has 3 rings (SSSR count). The molecule has 3 heterocycles. The fourth-order valence-corrected chi connectivity index (χ4v) is 3.10. The quantitative estimate of drug-likeness (QED) is 0.848. The summed E-state index contributed by atoms with van der Waals surface area (Å²) in [4.78, 5) is 18.7. The molecule has 1 amide bonds. The fraction of sp³-hybridized carbons (Fsp3) is 0.647. The van der Waals surface area contributed by atoms with Gasteiger partial charge in [0, 0.05) is 39.2 Å². The molecular weight excluding hydrogens is 328 g/mol. The van der Waals surface area contributed by atoms with Crippen molar-refractivity contribution in [2.45, 2.75) is 38.2 Å². The second-order valence-corrected chi connectivity index (χ2v) is 6.21. The first-order valence-electron chi connectivity index (χ1n) is 8.64. The lowest BCUT2D eigenvalue weighted by Crippen LogP contribution is -2.43. The van der Waals surface area contributed by atoms with Crippen LogP contribution in [0.1, 0.15) is 32.1 Å². The number of piperazine rings is 1. The Bertz CT molecular complexity index is 500. The molecule has 7 heteroatoms. The van der Waals surface area contributed by atoms with Gasteiger partial charge in [0.2, 0.25) is 5.91 Å². The second kappa shape index (κ2) is 9.81. The first-order chi connectivity index (χ1) is 11.3. The van der Waals surface area contributed by atoms with Crippen LogP contribution in [0.4, 0.5) is 11.5 Å². The van der Waals surface area contributed by atoms with E-state index in [1.165, 1.54) is 6.42 Å². The van der Waals surface area contributed by atoms with Crippen molar-refractivity contribution in [3.8, 4) is 0 Å². The summed E-state index contributed by atoms with van der Waals surface area (Å²) in [7, 11) is 0. The van der Waals surface area contributed by atoms with Crippen LogP contribution in [-0.2, 0) is 9.53 Å². The van der Waals surface area contributed by atoms with E-state index in [1.54, 1.807) is 0 Å². The summed E-state index contributed by atoms with van der Waals surface area (Å²) in [5.41, 5.74) is 1.11. The Morgan fingerprint density at radius 1 is 1.33 bits per heavy atom. The second-order valence-electron chi connectivity index (χ2n) is 6.21. The van der Waals surface area contributed by atoms with Crippen LogP contribution in [0.5, 0.6) is 0 Å². The highest BCUT2D eigenvalue weighted by atomic mass is 35.5. The Kier molecular flexibility index (Phi) is 7.75. The number of nitrogens with one attached hydrogen (secondary N) is 2. The largest absolute Gasteiger partial charge is 0.378 e. The van der Waals surface area contributed by atoms with Crippen molar-refractivity contribution in [1.82, 2.24) is 10.3 Å². The van der Waals surface area contributed by atoms with E-state index in [1.807, 2.05) is 18.3 Å². The van der Waals surface area contributed by atoms with Crippen LogP contribution in [-0.4, -0.2) is 49.8 Å². The van der Waals surface area contributed by atoms with Crippen molar-refractivity contribution in [3.05, 3.63) is 18.3 Å². The molecule has 24 heavy (non-hydrogen) atoms. The average molecular weight is 355 g/mol. The van der Waals surface area contributed by atoms with Crippen LogP contribution in [0.25, 0.3) is 0 Å². The molecule has 2 N–H and O–H groups in total. The fourth-order valence-electron chi connectivity index (χ4n) is 3.10. The van der Waals surface area contributed by atoms with Gasteiger partial charge in [-0.25, -0.2) is 4.98 Å². The van der Waals surface area contributed by atoms with Gasteiger partial charge in [0.05, 0.1) is 18.0 Å². The van der Waals surface area contributed by atoms with Gasteiger partial charge < -0.3 is 20.3 Å².